The van der Waals surface area contributed by atoms with Gasteiger partial charge in [-0.2, -0.15) is 0 Å². The van der Waals surface area contributed by atoms with Crippen LogP contribution in [0.1, 0.15) is 10.4 Å². The Morgan fingerprint density at radius 1 is 1.17 bits per heavy atom. The lowest BCUT2D eigenvalue weighted by Crippen LogP contribution is -2.31. The quantitative estimate of drug-likeness (QED) is 0.836. The van der Waals surface area contributed by atoms with E-state index in [1.54, 1.807) is 36.5 Å². The molecule has 0 saturated heterocycles. The monoisotopic (exact) mass is 352 g/mol. The Kier molecular flexibility index (Phi) is 6.21. The van der Waals surface area contributed by atoms with Crippen LogP contribution in [0.2, 0.25) is 10.0 Å². The van der Waals surface area contributed by atoms with E-state index < -0.39 is 0 Å². The summed E-state index contributed by atoms with van der Waals surface area (Å²) in [6.07, 6.45) is 1.58. The maximum Gasteiger partial charge on any atom is 0.251 e. The highest BCUT2D eigenvalue weighted by Gasteiger charge is 2.07. The van der Waals surface area contributed by atoms with Crippen LogP contribution in [0.15, 0.2) is 36.5 Å². The van der Waals surface area contributed by atoms with E-state index in [1.807, 2.05) is 19.0 Å². The number of hydrogen-bond donors (Lipinski definition) is 2. The molecule has 0 spiro atoms. The number of pyridine rings is 1. The Balaban J connectivity index is 2.05. The van der Waals surface area contributed by atoms with Crippen molar-refractivity contribution < 1.29 is 4.79 Å². The van der Waals surface area contributed by atoms with Gasteiger partial charge in [-0.3, -0.25) is 4.79 Å². The van der Waals surface area contributed by atoms with Gasteiger partial charge in [0.15, 0.2) is 0 Å². The van der Waals surface area contributed by atoms with E-state index in [9.17, 15) is 4.79 Å². The molecule has 23 heavy (non-hydrogen) atoms. The third-order valence-electron chi connectivity index (χ3n) is 3.00. The van der Waals surface area contributed by atoms with Crippen LogP contribution in [-0.2, 0) is 0 Å². The molecule has 0 aliphatic carbocycles. The first kappa shape index (κ1) is 17.5. The summed E-state index contributed by atoms with van der Waals surface area (Å²) in [5, 5.41) is 7.00. The SMILES string of the molecule is CN(C)CCNC(=O)c1ccnc(Nc2cc(Cl)cc(Cl)c2)c1. The number of aromatic nitrogens is 1. The van der Waals surface area contributed by atoms with Crippen LogP contribution in [0.3, 0.4) is 0 Å². The number of likely N-dealkylation sites (N-methyl/N-ethyl adjacent to an activating group) is 1. The molecule has 0 atom stereocenters. The van der Waals surface area contributed by atoms with Crippen LogP contribution >= 0.6 is 23.2 Å². The molecule has 0 bridgehead atoms. The van der Waals surface area contributed by atoms with E-state index in [0.29, 0.717) is 33.7 Å². The second-order valence-electron chi connectivity index (χ2n) is 5.27. The lowest BCUT2D eigenvalue weighted by Gasteiger charge is -2.11. The van der Waals surface area contributed by atoms with Gasteiger partial charge in [-0.25, -0.2) is 4.98 Å². The molecule has 122 valence electrons. The number of benzene rings is 1. The van der Waals surface area contributed by atoms with Crippen LogP contribution in [0.4, 0.5) is 11.5 Å². The number of anilines is 2. The molecule has 5 nitrogen and oxygen atoms in total. The first-order chi connectivity index (χ1) is 10.9. The highest BCUT2D eigenvalue weighted by molar-refractivity contribution is 6.35. The average Bonchev–Trinajstić information content (AvgIpc) is 2.46. The highest BCUT2D eigenvalue weighted by atomic mass is 35.5. The van der Waals surface area contributed by atoms with Gasteiger partial charge in [0, 0.05) is 40.6 Å². The molecule has 0 saturated carbocycles. The molecule has 1 amide bonds. The zero-order chi connectivity index (χ0) is 16.8. The van der Waals surface area contributed by atoms with Crippen molar-refractivity contribution in [3.05, 3.63) is 52.1 Å². The molecule has 0 unspecified atom stereocenters. The number of carbonyl (C=O) groups excluding carboxylic acids is 1. The maximum absolute atomic E-state index is 12.1. The van der Waals surface area contributed by atoms with Crippen LogP contribution in [0.25, 0.3) is 0 Å². The molecular weight excluding hydrogens is 335 g/mol. The molecular formula is C16H18Cl2N4O. The minimum absolute atomic E-state index is 0.138. The smallest absolute Gasteiger partial charge is 0.251 e. The topological polar surface area (TPSA) is 57.3 Å². The lowest BCUT2D eigenvalue weighted by atomic mass is 10.2. The minimum Gasteiger partial charge on any atom is -0.351 e. The number of rotatable bonds is 6. The van der Waals surface area contributed by atoms with Gasteiger partial charge in [-0.15, -0.1) is 0 Å². The number of hydrogen-bond acceptors (Lipinski definition) is 4. The number of amides is 1. The second-order valence-corrected chi connectivity index (χ2v) is 6.14. The standard InChI is InChI=1S/C16H18Cl2N4O/c1-22(2)6-5-20-16(23)11-3-4-19-15(7-11)21-14-9-12(17)8-13(18)10-14/h3-4,7-10H,5-6H2,1-2H3,(H,19,21)(H,20,23). The molecule has 0 radical (unpaired) electrons. The third kappa shape index (κ3) is 5.71. The molecule has 1 aromatic carbocycles. The molecule has 2 aromatic rings. The fourth-order valence-corrected chi connectivity index (χ4v) is 2.44. The van der Waals surface area contributed by atoms with Crippen LogP contribution in [0, 0.1) is 0 Å². The number of carbonyl (C=O) groups is 1. The van der Waals surface area contributed by atoms with Crippen molar-refractivity contribution in [1.82, 2.24) is 15.2 Å². The fourth-order valence-electron chi connectivity index (χ4n) is 1.91. The number of nitrogens with one attached hydrogen (secondary N) is 2. The first-order valence-electron chi connectivity index (χ1n) is 7.06. The van der Waals surface area contributed by atoms with Gasteiger partial charge in [0.2, 0.25) is 0 Å². The molecule has 2 rings (SSSR count). The Hall–Kier alpha value is -1.82. The number of halogens is 2. The van der Waals surface area contributed by atoms with Gasteiger partial charge in [-0.05, 0) is 44.4 Å². The van der Waals surface area contributed by atoms with Crippen LogP contribution < -0.4 is 10.6 Å². The number of nitrogens with zero attached hydrogens (tertiary/aromatic N) is 2. The van der Waals surface area contributed by atoms with E-state index in [4.69, 9.17) is 23.2 Å². The van der Waals surface area contributed by atoms with E-state index in [-0.39, 0.29) is 5.91 Å². The molecule has 2 N–H and O–H groups in total. The second kappa shape index (κ2) is 8.15. The van der Waals surface area contributed by atoms with Crippen molar-refractivity contribution in [1.29, 1.82) is 0 Å². The predicted octanol–water partition coefficient (Wildman–Crippen LogP) is 3.42. The summed E-state index contributed by atoms with van der Waals surface area (Å²) >= 11 is 11.9. The Morgan fingerprint density at radius 3 is 2.52 bits per heavy atom. The van der Waals surface area contributed by atoms with Gasteiger partial charge in [0.05, 0.1) is 0 Å². The molecule has 0 aliphatic rings. The zero-order valence-corrected chi connectivity index (χ0v) is 14.4. The zero-order valence-electron chi connectivity index (χ0n) is 12.9. The van der Waals surface area contributed by atoms with Gasteiger partial charge in [0.25, 0.3) is 5.91 Å². The van der Waals surface area contributed by atoms with Crippen molar-refractivity contribution in [3.63, 3.8) is 0 Å². The van der Waals surface area contributed by atoms with Crippen molar-refractivity contribution in [3.8, 4) is 0 Å². The summed E-state index contributed by atoms with van der Waals surface area (Å²) in [5.41, 5.74) is 1.24. The highest BCUT2D eigenvalue weighted by Crippen LogP contribution is 2.24. The van der Waals surface area contributed by atoms with Crippen molar-refractivity contribution >= 4 is 40.6 Å². The van der Waals surface area contributed by atoms with Crippen molar-refractivity contribution in [2.45, 2.75) is 0 Å². The summed E-state index contributed by atoms with van der Waals surface area (Å²) in [5.74, 6) is 0.407. The Morgan fingerprint density at radius 2 is 1.87 bits per heavy atom. The molecule has 7 heteroatoms. The average molecular weight is 353 g/mol. The van der Waals surface area contributed by atoms with Crippen molar-refractivity contribution in [2.24, 2.45) is 0 Å². The summed E-state index contributed by atoms with van der Waals surface area (Å²) < 4.78 is 0. The van der Waals surface area contributed by atoms with E-state index in [2.05, 4.69) is 15.6 Å². The normalized spacial score (nSPS) is 10.7. The third-order valence-corrected chi connectivity index (χ3v) is 3.44. The molecule has 1 heterocycles. The predicted molar refractivity (Wildman–Crippen MR) is 94.9 cm³/mol. The van der Waals surface area contributed by atoms with Crippen LogP contribution in [0.5, 0.6) is 0 Å². The van der Waals surface area contributed by atoms with E-state index in [1.165, 1.54) is 0 Å². The minimum atomic E-state index is -0.138. The summed E-state index contributed by atoms with van der Waals surface area (Å²) in [7, 11) is 3.91. The van der Waals surface area contributed by atoms with E-state index in [0.717, 1.165) is 6.54 Å². The fraction of sp³-hybridized carbons (Fsp3) is 0.250. The Labute approximate surface area is 145 Å². The van der Waals surface area contributed by atoms with Crippen molar-refractivity contribution in [2.75, 3.05) is 32.5 Å². The Bertz CT molecular complexity index is 671. The summed E-state index contributed by atoms with van der Waals surface area (Å²) in [6.45, 7) is 1.36. The van der Waals surface area contributed by atoms with Gasteiger partial charge < -0.3 is 15.5 Å². The van der Waals surface area contributed by atoms with Gasteiger partial charge >= 0.3 is 0 Å². The van der Waals surface area contributed by atoms with Crippen LogP contribution in [-0.4, -0.2) is 43.0 Å². The maximum atomic E-state index is 12.1. The van der Waals surface area contributed by atoms with Gasteiger partial charge in [-0.1, -0.05) is 23.2 Å². The summed E-state index contributed by atoms with van der Waals surface area (Å²) in [4.78, 5) is 18.3. The summed E-state index contributed by atoms with van der Waals surface area (Å²) in [6, 6.07) is 8.47. The van der Waals surface area contributed by atoms with Gasteiger partial charge in [0.1, 0.15) is 5.82 Å². The molecule has 0 fully saturated rings. The molecule has 1 aromatic heterocycles. The molecule has 0 aliphatic heterocycles. The first-order valence-corrected chi connectivity index (χ1v) is 7.82. The largest absolute Gasteiger partial charge is 0.351 e. The lowest BCUT2D eigenvalue weighted by molar-refractivity contribution is 0.0951. The van der Waals surface area contributed by atoms with E-state index >= 15 is 0 Å².